The lowest BCUT2D eigenvalue weighted by Gasteiger charge is -1.94. The topological polar surface area (TPSA) is 50.4 Å². The van der Waals surface area contributed by atoms with Gasteiger partial charge in [-0.15, -0.1) is 0 Å². The lowest BCUT2D eigenvalue weighted by molar-refractivity contribution is 0.283. The van der Waals surface area contributed by atoms with Gasteiger partial charge in [0.05, 0.1) is 30.7 Å². The van der Waals surface area contributed by atoms with Crippen molar-refractivity contribution in [2.75, 3.05) is 0 Å². The molecule has 0 bridgehead atoms. The third-order valence-electron chi connectivity index (χ3n) is 1.62. The van der Waals surface area contributed by atoms with Crippen molar-refractivity contribution in [1.29, 1.82) is 0 Å². The van der Waals surface area contributed by atoms with Gasteiger partial charge in [-0.25, -0.2) is 9.50 Å². The van der Waals surface area contributed by atoms with Crippen LogP contribution in [0.3, 0.4) is 0 Å². The van der Waals surface area contributed by atoms with E-state index in [2.05, 4.69) is 26.0 Å². The van der Waals surface area contributed by atoms with E-state index in [0.29, 0.717) is 0 Å². The predicted octanol–water partition coefficient (Wildman–Crippen LogP) is 0.984. The minimum Gasteiger partial charge on any atom is -0.392 e. The second-order valence-corrected chi connectivity index (χ2v) is 3.18. The molecule has 0 fully saturated rings. The molecule has 0 saturated heterocycles. The van der Waals surface area contributed by atoms with E-state index < -0.39 is 0 Å². The van der Waals surface area contributed by atoms with Gasteiger partial charge in [0.2, 0.25) is 0 Å². The summed E-state index contributed by atoms with van der Waals surface area (Å²) in [5.41, 5.74) is 1.62. The number of halogens is 1. The van der Waals surface area contributed by atoms with E-state index in [-0.39, 0.29) is 6.61 Å². The summed E-state index contributed by atoms with van der Waals surface area (Å²) >= 11 is 3.23. The van der Waals surface area contributed by atoms with Crippen LogP contribution in [0.5, 0.6) is 0 Å². The quantitative estimate of drug-likeness (QED) is 0.791. The van der Waals surface area contributed by atoms with Crippen LogP contribution in [0.1, 0.15) is 5.56 Å². The standard InChI is InChI=1S/C7H6BrN3O/c8-7-3-11-6(2-9-7)5(4-12)1-10-11/h1-3,12H,4H2. The molecule has 12 heavy (non-hydrogen) atoms. The highest BCUT2D eigenvalue weighted by atomic mass is 79.9. The molecular formula is C7H6BrN3O. The first-order valence-corrected chi connectivity index (χ1v) is 4.19. The Kier molecular flexibility index (Phi) is 1.82. The van der Waals surface area contributed by atoms with Crippen molar-refractivity contribution >= 4 is 21.4 Å². The maximum Gasteiger partial charge on any atom is 0.124 e. The van der Waals surface area contributed by atoms with E-state index in [0.717, 1.165) is 15.7 Å². The summed E-state index contributed by atoms with van der Waals surface area (Å²) in [6.45, 7) is -0.00713. The largest absolute Gasteiger partial charge is 0.392 e. The summed E-state index contributed by atoms with van der Waals surface area (Å²) in [6.07, 6.45) is 5.04. The van der Waals surface area contributed by atoms with Crippen molar-refractivity contribution in [3.63, 3.8) is 0 Å². The van der Waals surface area contributed by atoms with E-state index in [1.54, 1.807) is 23.1 Å². The van der Waals surface area contributed by atoms with Gasteiger partial charge in [-0.1, -0.05) is 0 Å². The second-order valence-electron chi connectivity index (χ2n) is 2.37. The fourth-order valence-electron chi connectivity index (χ4n) is 1.03. The summed E-state index contributed by atoms with van der Waals surface area (Å²) in [6, 6.07) is 0. The van der Waals surface area contributed by atoms with Crippen LogP contribution >= 0.6 is 15.9 Å². The highest BCUT2D eigenvalue weighted by Gasteiger charge is 2.02. The van der Waals surface area contributed by atoms with Crippen LogP contribution in [-0.2, 0) is 6.61 Å². The molecule has 2 aromatic rings. The number of hydrogen-bond acceptors (Lipinski definition) is 3. The highest BCUT2D eigenvalue weighted by molar-refractivity contribution is 9.10. The molecule has 62 valence electrons. The Hall–Kier alpha value is -0.940. The average Bonchev–Trinajstić information content (AvgIpc) is 2.46. The molecule has 0 spiro atoms. The summed E-state index contributed by atoms with van der Waals surface area (Å²) in [5.74, 6) is 0. The van der Waals surface area contributed by atoms with Gasteiger partial charge in [-0.05, 0) is 15.9 Å². The first kappa shape index (κ1) is 7.70. The Balaban J connectivity index is 2.73. The van der Waals surface area contributed by atoms with Crippen molar-refractivity contribution < 1.29 is 5.11 Å². The molecule has 0 aromatic carbocycles. The summed E-state index contributed by atoms with van der Waals surface area (Å²) < 4.78 is 2.39. The predicted molar refractivity (Wildman–Crippen MR) is 46.6 cm³/mol. The number of aliphatic hydroxyl groups is 1. The molecule has 0 aliphatic heterocycles. The minimum absolute atomic E-state index is 0.00713. The molecular weight excluding hydrogens is 222 g/mol. The van der Waals surface area contributed by atoms with Gasteiger partial charge in [0.1, 0.15) is 4.60 Å². The van der Waals surface area contributed by atoms with Crippen LogP contribution < -0.4 is 0 Å². The lowest BCUT2D eigenvalue weighted by atomic mass is 10.3. The molecule has 0 radical (unpaired) electrons. The maximum atomic E-state index is 8.90. The third-order valence-corrected chi connectivity index (χ3v) is 2.03. The van der Waals surface area contributed by atoms with Crippen LogP contribution in [0, 0.1) is 0 Å². The number of rotatable bonds is 1. The molecule has 5 heteroatoms. The SMILES string of the molecule is OCc1cnn2cc(Br)ncc12. The van der Waals surface area contributed by atoms with Gasteiger partial charge in [-0.3, -0.25) is 0 Å². The third kappa shape index (κ3) is 1.11. The van der Waals surface area contributed by atoms with Gasteiger partial charge in [-0.2, -0.15) is 5.10 Å². The molecule has 0 aliphatic carbocycles. The molecule has 0 amide bonds. The Morgan fingerprint density at radius 3 is 3.08 bits per heavy atom. The van der Waals surface area contributed by atoms with Crippen molar-refractivity contribution in [2.45, 2.75) is 6.61 Å². The zero-order chi connectivity index (χ0) is 8.55. The van der Waals surface area contributed by atoms with Gasteiger partial charge >= 0.3 is 0 Å². The lowest BCUT2D eigenvalue weighted by Crippen LogP contribution is -1.89. The molecule has 4 nitrogen and oxygen atoms in total. The van der Waals surface area contributed by atoms with Crippen molar-refractivity contribution in [3.8, 4) is 0 Å². The summed E-state index contributed by atoms with van der Waals surface area (Å²) in [5, 5.41) is 12.9. The molecule has 0 unspecified atom stereocenters. The van der Waals surface area contributed by atoms with E-state index >= 15 is 0 Å². The minimum atomic E-state index is -0.00713. The zero-order valence-electron chi connectivity index (χ0n) is 6.11. The first-order chi connectivity index (χ1) is 5.81. The molecule has 1 N–H and O–H groups in total. The molecule has 2 rings (SSSR count). The Labute approximate surface area is 77.0 Å². The number of nitrogens with zero attached hydrogens (tertiary/aromatic N) is 3. The molecule has 0 saturated carbocycles. The number of aliphatic hydroxyl groups excluding tert-OH is 1. The summed E-state index contributed by atoms with van der Waals surface area (Å²) in [4.78, 5) is 4.03. The Morgan fingerprint density at radius 1 is 1.50 bits per heavy atom. The van der Waals surface area contributed by atoms with Gasteiger partial charge in [0.15, 0.2) is 0 Å². The van der Waals surface area contributed by atoms with Gasteiger partial charge in [0, 0.05) is 5.56 Å². The zero-order valence-corrected chi connectivity index (χ0v) is 7.69. The van der Waals surface area contributed by atoms with Crippen molar-refractivity contribution in [3.05, 3.63) is 28.8 Å². The molecule has 2 heterocycles. The Morgan fingerprint density at radius 2 is 2.33 bits per heavy atom. The van der Waals surface area contributed by atoms with E-state index in [1.807, 2.05) is 0 Å². The summed E-state index contributed by atoms with van der Waals surface area (Å²) in [7, 11) is 0. The number of fused-ring (bicyclic) bond motifs is 1. The van der Waals surface area contributed by atoms with Crippen LogP contribution in [-0.4, -0.2) is 19.7 Å². The molecule has 0 aliphatic rings. The van der Waals surface area contributed by atoms with Gasteiger partial charge in [0.25, 0.3) is 0 Å². The van der Waals surface area contributed by atoms with Crippen molar-refractivity contribution in [1.82, 2.24) is 14.6 Å². The fraction of sp³-hybridized carbons (Fsp3) is 0.143. The maximum absolute atomic E-state index is 8.90. The van der Waals surface area contributed by atoms with E-state index in [9.17, 15) is 0 Å². The van der Waals surface area contributed by atoms with Crippen LogP contribution in [0.2, 0.25) is 0 Å². The van der Waals surface area contributed by atoms with Crippen molar-refractivity contribution in [2.24, 2.45) is 0 Å². The van der Waals surface area contributed by atoms with Crippen LogP contribution in [0.15, 0.2) is 23.2 Å². The molecule has 2 aromatic heterocycles. The first-order valence-electron chi connectivity index (χ1n) is 3.40. The average molecular weight is 228 g/mol. The highest BCUT2D eigenvalue weighted by Crippen LogP contribution is 2.11. The Bertz CT molecular complexity index is 412. The molecule has 0 atom stereocenters. The van der Waals surface area contributed by atoms with Crippen LogP contribution in [0.25, 0.3) is 5.52 Å². The van der Waals surface area contributed by atoms with Gasteiger partial charge < -0.3 is 5.11 Å². The van der Waals surface area contributed by atoms with E-state index in [4.69, 9.17) is 5.11 Å². The smallest absolute Gasteiger partial charge is 0.124 e. The normalized spacial score (nSPS) is 10.8. The van der Waals surface area contributed by atoms with Crippen LogP contribution in [0.4, 0.5) is 0 Å². The number of hydrogen-bond donors (Lipinski definition) is 1. The second kappa shape index (κ2) is 2.84. The monoisotopic (exact) mass is 227 g/mol. The fourth-order valence-corrected chi connectivity index (χ4v) is 1.33. The van der Waals surface area contributed by atoms with E-state index in [1.165, 1.54) is 0 Å². The number of aromatic nitrogens is 3.